The average Bonchev–Trinajstić information content (AvgIpc) is 3.00. The Morgan fingerprint density at radius 1 is 1.05 bits per heavy atom. The molecule has 0 aliphatic heterocycles. The minimum Gasteiger partial charge on any atom is -0.480 e. The number of aromatic nitrogens is 2. The molecule has 1 heterocycles. The number of thioether (sulfide) groups is 1. The van der Waals surface area contributed by atoms with Gasteiger partial charge in [0.05, 0.1) is 18.9 Å². The first-order valence-corrected chi connectivity index (χ1v) is 16.0. The van der Waals surface area contributed by atoms with Gasteiger partial charge in [-0.3, -0.25) is 4.79 Å². The van der Waals surface area contributed by atoms with E-state index in [1.807, 2.05) is 55.6 Å². The zero-order valence-electron chi connectivity index (χ0n) is 24.1. The van der Waals surface area contributed by atoms with Gasteiger partial charge >= 0.3 is 5.97 Å². The lowest BCUT2D eigenvalue weighted by molar-refractivity contribution is -0.139. The number of benzene rings is 2. The highest BCUT2D eigenvalue weighted by Gasteiger charge is 2.23. The third-order valence-electron chi connectivity index (χ3n) is 7.97. The van der Waals surface area contributed by atoms with Crippen molar-refractivity contribution in [3.8, 4) is 11.1 Å². The van der Waals surface area contributed by atoms with Crippen LogP contribution in [0.5, 0.6) is 0 Å². The van der Waals surface area contributed by atoms with Crippen molar-refractivity contribution >= 4 is 23.6 Å². The van der Waals surface area contributed by atoms with Gasteiger partial charge in [-0.25, -0.2) is 4.79 Å². The number of aliphatic carboxylic acids is 1. The number of carboxylic acid groups (broad SMARTS) is 1. The highest BCUT2D eigenvalue weighted by atomic mass is 32.2. The van der Waals surface area contributed by atoms with E-state index in [1.54, 1.807) is 30.2 Å². The fraction of sp³-hybridized carbons (Fsp3) is 0.455. The molecule has 0 radical (unpaired) electrons. The Morgan fingerprint density at radius 2 is 1.85 bits per heavy atom. The van der Waals surface area contributed by atoms with Crippen molar-refractivity contribution < 1.29 is 19.4 Å². The molecule has 2 aromatic carbocycles. The molecule has 8 heteroatoms. The number of hydrogen-bond acceptors (Lipinski definition) is 6. The summed E-state index contributed by atoms with van der Waals surface area (Å²) >= 11 is 1.56. The molecule has 1 aliphatic carbocycles. The number of carbonyl (C=O) groups is 2. The van der Waals surface area contributed by atoms with Crippen molar-refractivity contribution in [3.05, 3.63) is 83.2 Å². The maximum absolute atomic E-state index is 13.4. The molecule has 1 fully saturated rings. The smallest absolute Gasteiger partial charge is 0.326 e. The maximum atomic E-state index is 13.4. The largest absolute Gasteiger partial charge is 0.480 e. The van der Waals surface area contributed by atoms with E-state index in [9.17, 15) is 14.7 Å². The first kappa shape index (κ1) is 30.7. The molecule has 0 spiro atoms. The number of carboxylic acids is 1. The number of aryl methyl sites for hydroxylation is 1. The predicted molar refractivity (Wildman–Crippen MR) is 164 cm³/mol. The standard InChI is InChI=1S/C33H41N3O4S/c1-23-8-6-7-11-27(23)29-20-25(12-14-28(29)32(37)36-30(33(38)39)17-19-41-2)22-40-31(26-16-18-34-35-21-26)15-13-24-9-4-3-5-10-24/h6-8,11-12,14,16,18,20-21,24,30-31H,3-5,9-10,13,15,17,19,22H2,1-2H3,(H,36,37)(H,38,39). The van der Waals surface area contributed by atoms with Crippen LogP contribution in [0.3, 0.4) is 0 Å². The lowest BCUT2D eigenvalue weighted by atomic mass is 9.85. The summed E-state index contributed by atoms with van der Waals surface area (Å²) in [7, 11) is 0. The minimum atomic E-state index is -1.03. The number of amides is 1. The number of ether oxygens (including phenoxy) is 1. The molecule has 1 aliphatic rings. The highest BCUT2D eigenvalue weighted by Crippen LogP contribution is 2.33. The Kier molecular flexibility index (Phi) is 11.8. The Balaban J connectivity index is 1.56. The lowest BCUT2D eigenvalue weighted by Crippen LogP contribution is -2.41. The van der Waals surface area contributed by atoms with E-state index in [0.717, 1.165) is 46.6 Å². The molecule has 7 nitrogen and oxygen atoms in total. The van der Waals surface area contributed by atoms with Gasteiger partial charge in [0.25, 0.3) is 5.91 Å². The van der Waals surface area contributed by atoms with Crippen LogP contribution in [0.15, 0.2) is 60.9 Å². The second-order valence-corrected chi connectivity index (χ2v) is 11.9. The minimum absolute atomic E-state index is 0.0925. The van der Waals surface area contributed by atoms with E-state index in [2.05, 4.69) is 15.5 Å². The van der Waals surface area contributed by atoms with Crippen LogP contribution in [0, 0.1) is 12.8 Å². The van der Waals surface area contributed by atoms with Gasteiger partial charge in [0, 0.05) is 17.3 Å². The van der Waals surface area contributed by atoms with E-state index in [0.29, 0.717) is 24.3 Å². The summed E-state index contributed by atoms with van der Waals surface area (Å²) in [4.78, 5) is 25.2. The highest BCUT2D eigenvalue weighted by molar-refractivity contribution is 7.98. The second-order valence-electron chi connectivity index (χ2n) is 10.9. The van der Waals surface area contributed by atoms with Gasteiger partial charge in [0.1, 0.15) is 6.04 Å². The van der Waals surface area contributed by atoms with Crippen molar-refractivity contribution in [2.45, 2.75) is 77.0 Å². The van der Waals surface area contributed by atoms with Crippen LogP contribution in [0.25, 0.3) is 11.1 Å². The first-order valence-electron chi connectivity index (χ1n) is 14.6. The first-order chi connectivity index (χ1) is 20.0. The van der Waals surface area contributed by atoms with E-state index >= 15 is 0 Å². The summed E-state index contributed by atoms with van der Waals surface area (Å²) in [5, 5.41) is 20.4. The van der Waals surface area contributed by atoms with Gasteiger partial charge in [-0.1, -0.05) is 62.4 Å². The molecule has 2 atom stereocenters. The summed E-state index contributed by atoms with van der Waals surface area (Å²) in [5.74, 6) is -0.0228. The summed E-state index contributed by atoms with van der Waals surface area (Å²) in [6.45, 7) is 2.39. The maximum Gasteiger partial charge on any atom is 0.326 e. The monoisotopic (exact) mass is 575 g/mol. The molecule has 0 saturated heterocycles. The summed E-state index contributed by atoms with van der Waals surface area (Å²) in [6, 6.07) is 14.6. The molecule has 3 aromatic rings. The SMILES string of the molecule is CSCCC(NC(=O)c1ccc(COC(CCC2CCCCC2)c2ccnnc2)cc1-c1ccccc1C)C(=O)O. The van der Waals surface area contributed by atoms with Crippen LogP contribution < -0.4 is 5.32 Å². The van der Waals surface area contributed by atoms with Crippen molar-refractivity contribution in [1.29, 1.82) is 0 Å². The zero-order chi connectivity index (χ0) is 29.0. The zero-order valence-corrected chi connectivity index (χ0v) is 24.9. The number of hydrogen-bond donors (Lipinski definition) is 2. The predicted octanol–water partition coefficient (Wildman–Crippen LogP) is 7.01. The molecule has 1 saturated carbocycles. The van der Waals surface area contributed by atoms with Gasteiger partial charge in [0.15, 0.2) is 0 Å². The number of nitrogens with zero attached hydrogens (tertiary/aromatic N) is 2. The van der Waals surface area contributed by atoms with Crippen LogP contribution >= 0.6 is 11.8 Å². The van der Waals surface area contributed by atoms with E-state index in [-0.39, 0.29) is 6.10 Å². The number of carbonyl (C=O) groups excluding carboxylic acids is 1. The van der Waals surface area contributed by atoms with Crippen LogP contribution in [0.1, 0.15) is 84.5 Å². The number of nitrogens with one attached hydrogen (secondary N) is 1. The fourth-order valence-corrected chi connectivity index (χ4v) is 6.07. The normalized spacial score (nSPS) is 15.3. The van der Waals surface area contributed by atoms with Crippen LogP contribution in [-0.4, -0.2) is 45.2 Å². The Labute approximate surface area is 247 Å². The summed E-state index contributed by atoms with van der Waals surface area (Å²) in [6.07, 6.45) is 14.3. The summed E-state index contributed by atoms with van der Waals surface area (Å²) < 4.78 is 6.52. The topological polar surface area (TPSA) is 101 Å². The molecule has 0 bridgehead atoms. The molecule has 1 amide bonds. The third kappa shape index (κ3) is 8.88. The molecule has 2 unspecified atom stereocenters. The van der Waals surface area contributed by atoms with Gasteiger partial charge in [0.2, 0.25) is 0 Å². The molecule has 4 rings (SSSR count). The van der Waals surface area contributed by atoms with Gasteiger partial charge in [-0.05, 0) is 84.6 Å². The third-order valence-corrected chi connectivity index (χ3v) is 8.61. The van der Waals surface area contributed by atoms with Gasteiger partial charge in [-0.15, -0.1) is 0 Å². The molecule has 218 valence electrons. The lowest BCUT2D eigenvalue weighted by Gasteiger charge is -2.25. The van der Waals surface area contributed by atoms with Crippen molar-refractivity contribution in [2.75, 3.05) is 12.0 Å². The van der Waals surface area contributed by atoms with E-state index in [1.165, 1.54) is 32.1 Å². The number of rotatable bonds is 14. The average molecular weight is 576 g/mol. The quantitative estimate of drug-likeness (QED) is 0.213. The summed E-state index contributed by atoms with van der Waals surface area (Å²) in [5.41, 5.74) is 5.15. The van der Waals surface area contributed by atoms with Crippen LogP contribution in [0.2, 0.25) is 0 Å². The van der Waals surface area contributed by atoms with Crippen molar-refractivity contribution in [1.82, 2.24) is 15.5 Å². The van der Waals surface area contributed by atoms with Gasteiger partial charge in [-0.2, -0.15) is 22.0 Å². The molecule has 1 aromatic heterocycles. The van der Waals surface area contributed by atoms with Crippen molar-refractivity contribution in [2.24, 2.45) is 5.92 Å². The van der Waals surface area contributed by atoms with Crippen LogP contribution in [0.4, 0.5) is 0 Å². The molecular formula is C33H41N3O4S. The van der Waals surface area contributed by atoms with E-state index in [4.69, 9.17) is 4.74 Å². The Hall–Kier alpha value is -3.23. The van der Waals surface area contributed by atoms with Gasteiger partial charge < -0.3 is 15.2 Å². The molecule has 2 N–H and O–H groups in total. The van der Waals surface area contributed by atoms with Crippen molar-refractivity contribution in [3.63, 3.8) is 0 Å². The van der Waals surface area contributed by atoms with Crippen LogP contribution in [-0.2, 0) is 16.1 Å². The second kappa shape index (κ2) is 15.7. The fourth-order valence-electron chi connectivity index (χ4n) is 5.60. The molecular weight excluding hydrogens is 534 g/mol. The molecule has 41 heavy (non-hydrogen) atoms. The Bertz CT molecular complexity index is 1280. The Morgan fingerprint density at radius 3 is 2.56 bits per heavy atom. The van der Waals surface area contributed by atoms with E-state index < -0.39 is 17.9 Å².